The molecule has 1 unspecified atom stereocenters. The Morgan fingerprint density at radius 2 is 0.727 bits per heavy atom. The predicted octanol–water partition coefficient (Wildman–Crippen LogP) is 13.1. The molecule has 0 fully saturated rings. The van der Waals surface area contributed by atoms with Crippen LogP contribution >= 0.6 is 22.1 Å². The third-order valence-corrected chi connectivity index (χ3v) is 14.6. The number of halogens is 9. The van der Waals surface area contributed by atoms with Crippen molar-refractivity contribution in [2.75, 3.05) is 0 Å². The lowest BCUT2D eigenvalue weighted by atomic mass is 10.1. The number of alkyl halides is 9. The third kappa shape index (κ3) is 7.50. The summed E-state index contributed by atoms with van der Waals surface area (Å²) in [5.74, 6) is -15.0. The molecule has 0 saturated carbocycles. The van der Waals surface area contributed by atoms with Gasteiger partial charge in [0, 0.05) is 24.5 Å². The lowest BCUT2D eigenvalue weighted by molar-refractivity contribution is -0.382. The van der Waals surface area contributed by atoms with Gasteiger partial charge in [-0.25, -0.2) is 3.63 Å². The molecule has 0 aliphatic rings. The molecule has 6 aromatic carbocycles. The lowest BCUT2D eigenvalue weighted by Gasteiger charge is -2.41. The molecule has 6 rings (SSSR count). The molecule has 0 aromatic heterocycles. The summed E-state index contributed by atoms with van der Waals surface area (Å²) in [5, 5.41) is -7.09. The molecule has 0 bridgehead atoms. The molecule has 0 radical (unpaired) electrons. The Bertz CT molecular complexity index is 2330. The molecule has 0 N–H and O–H groups in total. The molecule has 0 amide bonds. The van der Waals surface area contributed by atoms with E-state index in [2.05, 4.69) is 0 Å². The number of hydrogen-bond donors (Lipinski definition) is 0. The molecule has 0 heterocycles. The fourth-order valence-electron chi connectivity index (χ4n) is 5.48. The average molecular weight is 823 g/mol. The number of benzene rings is 6. The second-order valence-electron chi connectivity index (χ2n) is 11.9. The molecule has 0 aliphatic heterocycles. The largest absolute Gasteiger partial charge is 0.460 e. The number of rotatable bonds is 12. The van der Waals surface area contributed by atoms with E-state index in [1.54, 1.807) is 30.3 Å². The summed E-state index contributed by atoms with van der Waals surface area (Å²) in [7, 11) is -11.5. The molecular formula is C40H27F9O3S3. The molecule has 15 heteroatoms. The van der Waals surface area contributed by atoms with Crippen LogP contribution in [-0.2, 0) is 13.7 Å². The molecular weight excluding hydrogens is 796 g/mol. The van der Waals surface area contributed by atoms with E-state index in [4.69, 9.17) is 3.63 Å². The maximum atomic E-state index is 15.4. The fourth-order valence-corrected chi connectivity index (χ4v) is 11.5. The van der Waals surface area contributed by atoms with Gasteiger partial charge in [0.1, 0.15) is 0 Å². The van der Waals surface area contributed by atoms with Gasteiger partial charge in [0.25, 0.3) is 0 Å². The molecule has 6 aromatic rings. The predicted molar refractivity (Wildman–Crippen MR) is 194 cm³/mol. The van der Waals surface area contributed by atoms with Crippen molar-refractivity contribution >= 4 is 32.2 Å². The normalized spacial score (nSPS) is 14.6. The number of hydrogen-bond acceptors (Lipinski definition) is 4. The summed E-state index contributed by atoms with van der Waals surface area (Å²) in [5.41, 5.74) is 3.17. The zero-order valence-corrected chi connectivity index (χ0v) is 30.4. The smallest absolute Gasteiger partial charge is 0.202 e. The van der Waals surface area contributed by atoms with Gasteiger partial charge in [-0.05, 0) is 93.2 Å². The van der Waals surface area contributed by atoms with Crippen LogP contribution < -0.4 is 0 Å². The van der Waals surface area contributed by atoms with Crippen molar-refractivity contribution in [3.05, 3.63) is 164 Å². The van der Waals surface area contributed by atoms with Gasteiger partial charge in [0.2, 0.25) is 0 Å². The molecule has 55 heavy (non-hydrogen) atoms. The summed E-state index contributed by atoms with van der Waals surface area (Å²) >= 11 is 1.27. The summed E-state index contributed by atoms with van der Waals surface area (Å²) in [6, 6.07) is 43.5. The first-order chi connectivity index (χ1) is 25.9. The van der Waals surface area contributed by atoms with Crippen molar-refractivity contribution in [2.45, 2.75) is 47.8 Å². The second-order valence-corrected chi connectivity index (χ2v) is 17.5. The van der Waals surface area contributed by atoms with Crippen molar-refractivity contribution in [3.63, 3.8) is 0 Å². The highest BCUT2D eigenvalue weighted by Crippen LogP contribution is 2.71. The minimum Gasteiger partial charge on any atom is -0.202 e. The highest BCUT2D eigenvalue weighted by molar-refractivity contribution is 8.33. The van der Waals surface area contributed by atoms with Gasteiger partial charge in [0.05, 0.1) is 0 Å². The van der Waals surface area contributed by atoms with Crippen molar-refractivity contribution in [1.29, 1.82) is 0 Å². The minimum absolute atomic E-state index is 0.176. The Morgan fingerprint density at radius 1 is 0.400 bits per heavy atom. The van der Waals surface area contributed by atoms with Crippen LogP contribution in [0.3, 0.4) is 0 Å². The molecule has 0 aliphatic carbocycles. The first-order valence-corrected chi connectivity index (χ1v) is 19.8. The Hall–Kier alpha value is -4.70. The molecule has 0 spiro atoms. The Kier molecular flexibility index (Phi) is 11.0. The summed E-state index contributed by atoms with van der Waals surface area (Å²) in [6.07, 6.45) is -7.25. The summed E-state index contributed by atoms with van der Waals surface area (Å²) in [4.78, 5) is 0.795. The van der Waals surface area contributed by atoms with E-state index >= 15 is 8.78 Å². The first kappa shape index (κ1) is 40.0. The van der Waals surface area contributed by atoms with Crippen LogP contribution in [0, 0.1) is 0 Å². The molecule has 3 nitrogen and oxygen atoms in total. The van der Waals surface area contributed by atoms with E-state index in [1.807, 2.05) is 54.6 Å². The average Bonchev–Trinajstić information content (AvgIpc) is 3.18. The van der Waals surface area contributed by atoms with Crippen molar-refractivity contribution in [2.24, 2.45) is 0 Å². The van der Waals surface area contributed by atoms with E-state index in [0.29, 0.717) is 16.0 Å². The Morgan fingerprint density at radius 3 is 1.15 bits per heavy atom. The summed E-state index contributed by atoms with van der Waals surface area (Å²) in [6.45, 7) is 0. The highest BCUT2D eigenvalue weighted by atomic mass is 32.3. The van der Waals surface area contributed by atoms with Gasteiger partial charge < -0.3 is 0 Å². The van der Waals surface area contributed by atoms with Crippen LogP contribution in [0.4, 0.5) is 39.5 Å². The standard InChI is InChI=1S/C40H27F9O3S3/c41-37(42,39(45,46)47)38(43,44)40(48,49)55(50,51)52-54(34-14-8-3-9-15-34,35-24-18-31(19-25-35)29-12-6-2-7-13-29)36-26-22-33(23-27-36)53-32-20-16-30(17-21-32)28-10-4-1-5-11-28/h1-27H. The van der Waals surface area contributed by atoms with Crippen molar-refractivity contribution in [1.82, 2.24) is 0 Å². The van der Waals surface area contributed by atoms with Crippen LogP contribution in [0.5, 0.6) is 0 Å². The van der Waals surface area contributed by atoms with Gasteiger partial charge in [-0.1, -0.05) is 115 Å². The minimum atomic E-state index is -7.49. The Labute approximate surface area is 316 Å². The highest BCUT2D eigenvalue weighted by Gasteiger charge is 2.86. The van der Waals surface area contributed by atoms with E-state index in [9.17, 15) is 39.2 Å². The monoisotopic (exact) mass is 822 g/mol. The summed E-state index contributed by atoms with van der Waals surface area (Å²) < 4.78 is 159. The molecule has 286 valence electrons. The quantitative estimate of drug-likeness (QED) is 0.115. The molecule has 1 atom stereocenters. The second kappa shape index (κ2) is 15.1. The van der Waals surface area contributed by atoms with Gasteiger partial charge in [0.15, 0.2) is 0 Å². The topological polar surface area (TPSA) is 43.4 Å². The van der Waals surface area contributed by atoms with Crippen LogP contribution in [-0.4, -0.2) is 31.7 Å². The van der Waals surface area contributed by atoms with Crippen LogP contribution in [0.2, 0.25) is 0 Å². The van der Waals surface area contributed by atoms with E-state index < -0.39 is 43.7 Å². The van der Waals surface area contributed by atoms with Crippen molar-refractivity contribution < 1.29 is 51.6 Å². The van der Waals surface area contributed by atoms with Crippen LogP contribution in [0.1, 0.15) is 0 Å². The van der Waals surface area contributed by atoms with Gasteiger partial charge in [-0.15, -0.1) is 0 Å². The zero-order chi connectivity index (χ0) is 39.7. The molecule has 0 saturated heterocycles. The Balaban J connectivity index is 1.48. The maximum Gasteiger partial charge on any atom is 0.460 e. The van der Waals surface area contributed by atoms with E-state index in [0.717, 1.165) is 16.0 Å². The maximum absolute atomic E-state index is 15.4. The zero-order valence-electron chi connectivity index (χ0n) is 27.9. The van der Waals surface area contributed by atoms with Gasteiger partial charge in [-0.2, -0.15) is 47.9 Å². The van der Waals surface area contributed by atoms with Gasteiger partial charge in [-0.3, -0.25) is 0 Å². The third-order valence-electron chi connectivity index (χ3n) is 8.34. The van der Waals surface area contributed by atoms with Crippen LogP contribution in [0.15, 0.2) is 188 Å². The first-order valence-electron chi connectivity index (χ1n) is 16.0. The van der Waals surface area contributed by atoms with Crippen LogP contribution in [0.25, 0.3) is 22.3 Å². The van der Waals surface area contributed by atoms with E-state index in [-0.39, 0.29) is 14.7 Å². The van der Waals surface area contributed by atoms with Gasteiger partial charge >= 0.3 is 33.4 Å². The van der Waals surface area contributed by atoms with E-state index in [1.165, 1.54) is 90.6 Å². The fraction of sp³-hybridized carbons (Fsp3) is 0.100. The lowest BCUT2D eigenvalue weighted by Crippen LogP contribution is -2.63. The SMILES string of the molecule is O=S(=O)(OS(c1ccccc1)(c1ccc(Sc2ccc(-c3ccccc3)cc2)cc1)c1ccc(-c2ccccc2)cc1)C(F)(F)C(F)(F)C(F)(F)C(F)(F)F. The van der Waals surface area contributed by atoms with Crippen molar-refractivity contribution in [3.8, 4) is 22.3 Å².